The summed E-state index contributed by atoms with van der Waals surface area (Å²) in [6, 6.07) is 9.55. The second-order valence-corrected chi connectivity index (χ2v) is 7.90. The maximum atomic E-state index is 12.7. The number of fused-ring (bicyclic) bond motifs is 1. The van der Waals surface area contributed by atoms with E-state index in [9.17, 15) is 14.9 Å². The lowest BCUT2D eigenvalue weighted by atomic mass is 10.0. The van der Waals surface area contributed by atoms with Crippen LogP contribution in [-0.2, 0) is 28.9 Å². The van der Waals surface area contributed by atoms with Crippen LogP contribution in [0.25, 0.3) is 6.08 Å². The molecule has 0 N–H and O–H groups in total. The maximum Gasteiger partial charge on any atom is 0.349 e. The molecule has 156 valence electrons. The first-order valence-corrected chi connectivity index (χ1v) is 10.5. The Morgan fingerprint density at radius 1 is 1.23 bits per heavy atom. The predicted molar refractivity (Wildman–Crippen MR) is 116 cm³/mol. The van der Waals surface area contributed by atoms with Gasteiger partial charge in [0.05, 0.1) is 0 Å². The second kappa shape index (κ2) is 9.13. The number of rotatable bonds is 7. The van der Waals surface area contributed by atoms with Gasteiger partial charge in [0, 0.05) is 23.5 Å². The van der Waals surface area contributed by atoms with Gasteiger partial charge in [-0.1, -0.05) is 19.1 Å². The third kappa shape index (κ3) is 4.38. The molecular weight excluding hydrogens is 376 g/mol. The lowest BCUT2D eigenvalue weighted by Crippen LogP contribution is -2.25. The number of esters is 1. The van der Waals surface area contributed by atoms with Crippen molar-refractivity contribution < 1.29 is 14.3 Å². The summed E-state index contributed by atoms with van der Waals surface area (Å²) >= 11 is 0. The highest BCUT2D eigenvalue weighted by Gasteiger charge is 2.23. The first-order chi connectivity index (χ1) is 14.3. The van der Waals surface area contributed by atoms with E-state index in [1.807, 2.05) is 38.1 Å². The van der Waals surface area contributed by atoms with Crippen molar-refractivity contribution in [2.75, 3.05) is 0 Å². The minimum Gasteiger partial charge on any atom is -0.450 e. The van der Waals surface area contributed by atoms with Gasteiger partial charge in [-0.3, -0.25) is 4.79 Å². The highest BCUT2D eigenvalue weighted by atomic mass is 16.5. The molecule has 0 fully saturated rings. The molecule has 0 spiro atoms. The van der Waals surface area contributed by atoms with Gasteiger partial charge in [0.1, 0.15) is 11.6 Å². The number of carbonyl (C=O) groups is 2. The molecule has 1 heterocycles. The number of ketones is 1. The van der Waals surface area contributed by atoms with E-state index < -0.39 is 12.1 Å². The number of benzene rings is 1. The smallest absolute Gasteiger partial charge is 0.349 e. The predicted octanol–water partition coefficient (Wildman–Crippen LogP) is 4.73. The van der Waals surface area contributed by atoms with Gasteiger partial charge in [-0.15, -0.1) is 0 Å². The van der Waals surface area contributed by atoms with Gasteiger partial charge in [-0.25, -0.2) is 4.79 Å². The van der Waals surface area contributed by atoms with E-state index in [1.54, 1.807) is 19.1 Å². The summed E-state index contributed by atoms with van der Waals surface area (Å²) in [5.41, 5.74) is 5.79. The van der Waals surface area contributed by atoms with Gasteiger partial charge in [0.2, 0.25) is 5.78 Å². The normalized spacial score (nSPS) is 14.2. The quantitative estimate of drug-likeness (QED) is 0.290. The summed E-state index contributed by atoms with van der Waals surface area (Å²) in [4.78, 5) is 25.3. The van der Waals surface area contributed by atoms with Gasteiger partial charge >= 0.3 is 5.97 Å². The molecule has 1 aliphatic carbocycles. The Hall–Kier alpha value is -3.13. The number of Topliss-reactive ketones (excluding diaryl/α,β-unsaturated/α-hetero) is 1. The highest BCUT2D eigenvalue weighted by molar-refractivity contribution is 6.03. The van der Waals surface area contributed by atoms with Crippen molar-refractivity contribution >= 4 is 17.8 Å². The molecule has 1 aliphatic rings. The zero-order valence-corrected chi connectivity index (χ0v) is 18.1. The molecule has 0 bridgehead atoms. The largest absolute Gasteiger partial charge is 0.450 e. The number of hydrogen-bond acceptors (Lipinski definition) is 4. The Kier molecular flexibility index (Phi) is 6.56. The summed E-state index contributed by atoms with van der Waals surface area (Å²) < 4.78 is 7.51. The number of aromatic nitrogens is 1. The van der Waals surface area contributed by atoms with Crippen LogP contribution in [-0.4, -0.2) is 22.4 Å². The number of nitriles is 1. The Labute approximate surface area is 178 Å². The van der Waals surface area contributed by atoms with Crippen molar-refractivity contribution in [3.8, 4) is 6.07 Å². The third-order valence-corrected chi connectivity index (χ3v) is 5.74. The zero-order valence-electron chi connectivity index (χ0n) is 18.1. The molecule has 30 heavy (non-hydrogen) atoms. The van der Waals surface area contributed by atoms with Gasteiger partial charge in [0.15, 0.2) is 6.10 Å². The zero-order chi connectivity index (χ0) is 21.8. The minimum atomic E-state index is -0.957. The van der Waals surface area contributed by atoms with Crippen molar-refractivity contribution in [1.82, 2.24) is 4.57 Å². The molecule has 0 radical (unpaired) electrons. The van der Waals surface area contributed by atoms with Gasteiger partial charge in [-0.05, 0) is 81.4 Å². The Morgan fingerprint density at radius 2 is 1.97 bits per heavy atom. The van der Waals surface area contributed by atoms with E-state index in [0.29, 0.717) is 5.56 Å². The average molecular weight is 405 g/mol. The van der Waals surface area contributed by atoms with Gasteiger partial charge < -0.3 is 9.30 Å². The Balaban J connectivity index is 1.75. The molecule has 3 rings (SSSR count). The summed E-state index contributed by atoms with van der Waals surface area (Å²) in [5.74, 6) is -1.03. The first-order valence-electron chi connectivity index (χ1n) is 10.5. The fraction of sp³-hybridized carbons (Fsp3) is 0.400. The van der Waals surface area contributed by atoms with Crippen LogP contribution in [0, 0.1) is 25.2 Å². The fourth-order valence-corrected chi connectivity index (χ4v) is 4.07. The van der Waals surface area contributed by atoms with Gasteiger partial charge in [-0.2, -0.15) is 5.26 Å². The van der Waals surface area contributed by atoms with Crippen LogP contribution in [0.15, 0.2) is 29.8 Å². The third-order valence-electron chi connectivity index (χ3n) is 5.74. The lowest BCUT2D eigenvalue weighted by molar-refractivity contribution is -0.141. The average Bonchev–Trinajstić information content (AvgIpc) is 3.30. The molecule has 0 saturated heterocycles. The van der Waals surface area contributed by atoms with E-state index >= 15 is 0 Å². The van der Waals surface area contributed by atoms with Crippen molar-refractivity contribution in [3.63, 3.8) is 0 Å². The summed E-state index contributed by atoms with van der Waals surface area (Å²) in [5, 5.41) is 9.49. The number of aryl methyl sites for hydroxylation is 3. The number of hydrogen-bond donors (Lipinski definition) is 0. The molecule has 1 atom stereocenters. The van der Waals surface area contributed by atoms with E-state index in [-0.39, 0.29) is 11.4 Å². The summed E-state index contributed by atoms with van der Waals surface area (Å²) in [6.45, 7) is 8.50. The molecule has 2 aromatic rings. The summed E-state index contributed by atoms with van der Waals surface area (Å²) in [6.07, 6.45) is 4.71. The topological polar surface area (TPSA) is 72.1 Å². The molecule has 0 aliphatic heterocycles. The molecule has 0 unspecified atom stereocenters. The first kappa shape index (κ1) is 21.6. The second-order valence-electron chi connectivity index (χ2n) is 7.90. The lowest BCUT2D eigenvalue weighted by Gasteiger charge is -2.13. The number of ether oxygens (including phenoxy) is 1. The van der Waals surface area contributed by atoms with Crippen molar-refractivity contribution in [2.45, 2.75) is 66.0 Å². The standard InChI is InChI=1S/C25H28N2O3/c1-5-11-27-16(2)12-22(17(27)3)14-23(15-26)25(29)30-18(4)24(28)21-10-9-19-7-6-8-20(19)13-21/h9-10,12-14,18H,5-8,11H2,1-4H3/b23-14+/t18-/m1/s1. The van der Waals surface area contributed by atoms with Crippen molar-refractivity contribution in [3.05, 3.63) is 63.5 Å². The Morgan fingerprint density at radius 3 is 2.67 bits per heavy atom. The van der Waals surface area contributed by atoms with Crippen LogP contribution in [0.4, 0.5) is 0 Å². The molecule has 0 amide bonds. The number of nitrogens with zero attached hydrogens (tertiary/aromatic N) is 2. The van der Waals surface area contributed by atoms with Crippen LogP contribution in [0.5, 0.6) is 0 Å². The molecule has 1 aromatic heterocycles. The molecular formula is C25H28N2O3. The van der Waals surface area contributed by atoms with E-state index in [0.717, 1.165) is 49.2 Å². The molecule has 0 saturated carbocycles. The van der Waals surface area contributed by atoms with Crippen LogP contribution < -0.4 is 0 Å². The van der Waals surface area contributed by atoms with Crippen LogP contribution in [0.3, 0.4) is 0 Å². The molecule has 1 aromatic carbocycles. The molecule has 5 heteroatoms. The van der Waals surface area contributed by atoms with Crippen LogP contribution in [0.2, 0.25) is 0 Å². The van der Waals surface area contributed by atoms with E-state index in [2.05, 4.69) is 11.5 Å². The molecule has 5 nitrogen and oxygen atoms in total. The van der Waals surface area contributed by atoms with Crippen molar-refractivity contribution in [2.24, 2.45) is 0 Å². The van der Waals surface area contributed by atoms with Crippen LogP contribution in [0.1, 0.15) is 65.1 Å². The van der Waals surface area contributed by atoms with E-state index in [1.165, 1.54) is 11.1 Å². The fourth-order valence-electron chi connectivity index (χ4n) is 4.07. The van der Waals surface area contributed by atoms with Crippen molar-refractivity contribution in [1.29, 1.82) is 5.26 Å². The SMILES string of the molecule is CCCn1c(C)cc(/C=C(\C#N)C(=O)O[C@H](C)C(=O)c2ccc3c(c2)CCC3)c1C. The van der Waals surface area contributed by atoms with E-state index in [4.69, 9.17) is 4.74 Å². The van der Waals surface area contributed by atoms with Crippen LogP contribution >= 0.6 is 0 Å². The maximum absolute atomic E-state index is 12.7. The summed E-state index contributed by atoms with van der Waals surface area (Å²) in [7, 11) is 0. The Bertz CT molecular complexity index is 1050. The highest BCUT2D eigenvalue weighted by Crippen LogP contribution is 2.24. The van der Waals surface area contributed by atoms with Gasteiger partial charge in [0.25, 0.3) is 0 Å². The minimum absolute atomic E-state index is 0.111. The number of carbonyl (C=O) groups excluding carboxylic acids is 2. The monoisotopic (exact) mass is 404 g/mol.